The highest BCUT2D eigenvalue weighted by Gasteiger charge is 2.27. The van der Waals surface area contributed by atoms with Gasteiger partial charge in [0, 0.05) is 17.9 Å². The van der Waals surface area contributed by atoms with Crippen LogP contribution >= 0.6 is 11.8 Å². The van der Waals surface area contributed by atoms with Crippen LogP contribution in [0.3, 0.4) is 0 Å². The molecule has 1 heterocycles. The number of carboxylic acid groups (broad SMARTS) is 1. The highest BCUT2D eigenvalue weighted by molar-refractivity contribution is 7.99. The summed E-state index contributed by atoms with van der Waals surface area (Å²) in [5.74, 6) is 0.550. The Morgan fingerprint density at radius 1 is 1.53 bits per heavy atom. The van der Waals surface area contributed by atoms with Crippen molar-refractivity contribution in [2.24, 2.45) is 5.92 Å². The van der Waals surface area contributed by atoms with Gasteiger partial charge in [-0.25, -0.2) is 4.98 Å². The molecule has 0 amide bonds. The summed E-state index contributed by atoms with van der Waals surface area (Å²) in [6, 6.07) is 0.406. The summed E-state index contributed by atoms with van der Waals surface area (Å²) in [6.45, 7) is 6.53. The standard InChI is InChI=1S/C14H22N2O2S/c1-9(2)12-7-15-14(19-8-13(17)18)16(12)10(3)6-11-4-5-11/h7,9-11H,4-6,8H2,1-3H3,(H,17,18). The molecule has 1 N–H and O–H groups in total. The fraction of sp³-hybridized carbons (Fsp3) is 0.714. The molecule has 1 aliphatic rings. The van der Waals surface area contributed by atoms with E-state index in [2.05, 4.69) is 30.3 Å². The Kier molecular flexibility index (Phi) is 4.55. The highest BCUT2D eigenvalue weighted by Crippen LogP contribution is 2.39. The first kappa shape index (κ1) is 14.4. The van der Waals surface area contributed by atoms with E-state index in [0.717, 1.165) is 11.1 Å². The third kappa shape index (κ3) is 3.75. The van der Waals surface area contributed by atoms with Crippen LogP contribution in [0, 0.1) is 5.92 Å². The molecule has 4 nitrogen and oxygen atoms in total. The van der Waals surface area contributed by atoms with Crippen LogP contribution in [0.1, 0.15) is 57.7 Å². The van der Waals surface area contributed by atoms with Crippen molar-refractivity contribution < 1.29 is 9.90 Å². The number of imidazole rings is 1. The molecule has 0 spiro atoms. The molecular weight excluding hydrogens is 260 g/mol. The second-order valence-corrected chi connectivity index (χ2v) is 6.64. The number of carboxylic acids is 1. The van der Waals surface area contributed by atoms with Crippen LogP contribution in [-0.2, 0) is 4.79 Å². The molecule has 0 aliphatic heterocycles. The van der Waals surface area contributed by atoms with Gasteiger partial charge in [0.05, 0.1) is 5.75 Å². The summed E-state index contributed by atoms with van der Waals surface area (Å²) < 4.78 is 2.25. The molecule has 0 saturated heterocycles. The van der Waals surface area contributed by atoms with Gasteiger partial charge in [0.1, 0.15) is 0 Å². The smallest absolute Gasteiger partial charge is 0.313 e. The van der Waals surface area contributed by atoms with Gasteiger partial charge in [0.25, 0.3) is 0 Å². The number of aliphatic carboxylic acids is 1. The molecule has 106 valence electrons. The van der Waals surface area contributed by atoms with Gasteiger partial charge in [0.2, 0.25) is 0 Å². The van der Waals surface area contributed by atoms with E-state index in [1.54, 1.807) is 0 Å². The summed E-state index contributed by atoms with van der Waals surface area (Å²) in [7, 11) is 0. The zero-order chi connectivity index (χ0) is 14.0. The molecule has 5 heteroatoms. The lowest BCUT2D eigenvalue weighted by atomic mass is 10.1. The van der Waals surface area contributed by atoms with E-state index < -0.39 is 5.97 Å². The molecule has 1 atom stereocenters. The third-order valence-corrected chi connectivity index (χ3v) is 4.47. The van der Waals surface area contributed by atoms with E-state index in [4.69, 9.17) is 5.11 Å². The summed E-state index contributed by atoms with van der Waals surface area (Å²) in [6.07, 6.45) is 5.76. The molecule has 1 aliphatic carbocycles. The zero-order valence-corrected chi connectivity index (χ0v) is 12.6. The van der Waals surface area contributed by atoms with Gasteiger partial charge < -0.3 is 9.67 Å². The van der Waals surface area contributed by atoms with E-state index in [-0.39, 0.29) is 5.75 Å². The summed E-state index contributed by atoms with van der Waals surface area (Å²) in [5.41, 5.74) is 1.21. The Bertz CT molecular complexity index is 452. The van der Waals surface area contributed by atoms with Crippen molar-refractivity contribution in [1.82, 2.24) is 9.55 Å². The molecule has 0 radical (unpaired) electrons. The minimum absolute atomic E-state index is 0.0741. The Hall–Kier alpha value is -0.970. The topological polar surface area (TPSA) is 55.1 Å². The van der Waals surface area contributed by atoms with E-state index in [0.29, 0.717) is 12.0 Å². The lowest BCUT2D eigenvalue weighted by Crippen LogP contribution is -2.12. The number of rotatable bonds is 7. The highest BCUT2D eigenvalue weighted by atomic mass is 32.2. The van der Waals surface area contributed by atoms with E-state index in [1.807, 2.05) is 6.20 Å². The fourth-order valence-electron chi connectivity index (χ4n) is 2.40. The summed E-state index contributed by atoms with van der Waals surface area (Å²) >= 11 is 1.32. The molecule has 2 rings (SSSR count). The van der Waals surface area contributed by atoms with Gasteiger partial charge in [-0.15, -0.1) is 0 Å². The van der Waals surface area contributed by atoms with Crippen molar-refractivity contribution in [3.8, 4) is 0 Å². The first-order chi connectivity index (χ1) is 8.99. The fourth-order valence-corrected chi connectivity index (χ4v) is 3.21. The predicted molar refractivity (Wildman–Crippen MR) is 76.7 cm³/mol. The van der Waals surface area contributed by atoms with Crippen LogP contribution < -0.4 is 0 Å². The average molecular weight is 282 g/mol. The molecule has 1 fully saturated rings. The van der Waals surface area contributed by atoms with Gasteiger partial charge in [0.15, 0.2) is 5.16 Å². The van der Waals surface area contributed by atoms with E-state index in [1.165, 1.54) is 36.7 Å². The zero-order valence-electron chi connectivity index (χ0n) is 11.8. The summed E-state index contributed by atoms with van der Waals surface area (Å²) in [4.78, 5) is 15.1. The number of carbonyl (C=O) groups is 1. The van der Waals surface area contributed by atoms with Crippen molar-refractivity contribution in [2.75, 3.05) is 5.75 Å². The predicted octanol–water partition coefficient (Wildman–Crippen LogP) is 3.54. The maximum Gasteiger partial charge on any atom is 0.313 e. The number of hydrogen-bond donors (Lipinski definition) is 1. The molecule has 1 unspecified atom stereocenters. The van der Waals surface area contributed by atoms with Crippen LogP contribution in [0.25, 0.3) is 0 Å². The average Bonchev–Trinajstić information content (AvgIpc) is 3.02. The lowest BCUT2D eigenvalue weighted by Gasteiger charge is -2.20. The minimum Gasteiger partial charge on any atom is -0.481 e. The summed E-state index contributed by atoms with van der Waals surface area (Å²) in [5, 5.41) is 9.66. The monoisotopic (exact) mass is 282 g/mol. The van der Waals surface area contributed by atoms with Gasteiger partial charge in [-0.05, 0) is 25.2 Å². The van der Waals surface area contributed by atoms with E-state index >= 15 is 0 Å². The Morgan fingerprint density at radius 2 is 2.21 bits per heavy atom. The van der Waals surface area contributed by atoms with Crippen LogP contribution in [-0.4, -0.2) is 26.4 Å². The first-order valence-corrected chi connectivity index (χ1v) is 7.89. The number of hydrogen-bond acceptors (Lipinski definition) is 3. The second-order valence-electron chi connectivity index (χ2n) is 5.70. The van der Waals surface area contributed by atoms with Crippen LogP contribution in [0.4, 0.5) is 0 Å². The largest absolute Gasteiger partial charge is 0.481 e. The van der Waals surface area contributed by atoms with Crippen molar-refractivity contribution in [3.05, 3.63) is 11.9 Å². The molecule has 19 heavy (non-hydrogen) atoms. The van der Waals surface area contributed by atoms with Gasteiger partial charge in [-0.1, -0.05) is 38.5 Å². The number of thioether (sulfide) groups is 1. The van der Waals surface area contributed by atoms with Crippen LogP contribution in [0.5, 0.6) is 0 Å². The molecule has 1 aromatic rings. The normalized spacial score (nSPS) is 16.8. The van der Waals surface area contributed by atoms with Crippen molar-refractivity contribution in [3.63, 3.8) is 0 Å². The van der Waals surface area contributed by atoms with Crippen molar-refractivity contribution >= 4 is 17.7 Å². The van der Waals surface area contributed by atoms with Gasteiger partial charge in [-0.3, -0.25) is 4.79 Å². The van der Waals surface area contributed by atoms with Crippen LogP contribution in [0.15, 0.2) is 11.4 Å². The number of nitrogens with zero attached hydrogens (tertiary/aromatic N) is 2. The Morgan fingerprint density at radius 3 is 2.74 bits per heavy atom. The molecule has 1 saturated carbocycles. The number of aromatic nitrogens is 2. The maximum absolute atomic E-state index is 10.7. The van der Waals surface area contributed by atoms with Gasteiger partial charge in [-0.2, -0.15) is 0 Å². The minimum atomic E-state index is -0.791. The van der Waals surface area contributed by atoms with Gasteiger partial charge >= 0.3 is 5.97 Å². The second kappa shape index (κ2) is 5.99. The third-order valence-electron chi connectivity index (χ3n) is 3.52. The first-order valence-electron chi connectivity index (χ1n) is 6.90. The quantitative estimate of drug-likeness (QED) is 0.777. The Balaban J connectivity index is 2.18. The van der Waals surface area contributed by atoms with E-state index in [9.17, 15) is 4.79 Å². The van der Waals surface area contributed by atoms with Crippen LogP contribution in [0.2, 0.25) is 0 Å². The van der Waals surface area contributed by atoms with Crippen molar-refractivity contribution in [2.45, 2.75) is 57.1 Å². The maximum atomic E-state index is 10.7. The SMILES string of the molecule is CC(C)c1cnc(SCC(=O)O)n1C(C)CC1CC1. The van der Waals surface area contributed by atoms with Crippen molar-refractivity contribution in [1.29, 1.82) is 0 Å². The lowest BCUT2D eigenvalue weighted by molar-refractivity contribution is -0.133. The molecular formula is C14H22N2O2S. The molecule has 0 aromatic carbocycles. The molecule has 1 aromatic heterocycles. The Labute approximate surface area is 118 Å². The molecule has 0 bridgehead atoms.